The van der Waals surface area contributed by atoms with Crippen molar-refractivity contribution in [1.29, 1.82) is 0 Å². The Bertz CT molecular complexity index is 602. The van der Waals surface area contributed by atoms with Crippen LogP contribution in [0.2, 0.25) is 0 Å². The molecule has 1 aliphatic rings. The summed E-state index contributed by atoms with van der Waals surface area (Å²) in [4.78, 5) is 40.0. The van der Waals surface area contributed by atoms with E-state index < -0.39 is 0 Å². The van der Waals surface area contributed by atoms with E-state index >= 15 is 0 Å². The van der Waals surface area contributed by atoms with Crippen molar-refractivity contribution in [3.63, 3.8) is 0 Å². The van der Waals surface area contributed by atoms with Crippen molar-refractivity contribution in [3.8, 4) is 0 Å². The van der Waals surface area contributed by atoms with Gasteiger partial charge >= 0.3 is 0 Å². The molecule has 2 rings (SSSR count). The molecule has 6 heteroatoms. The van der Waals surface area contributed by atoms with E-state index in [2.05, 4.69) is 4.90 Å². The highest BCUT2D eigenvalue weighted by atomic mass is 16.2. The molecule has 0 aromatic heterocycles. The molecule has 0 aliphatic carbocycles. The summed E-state index contributed by atoms with van der Waals surface area (Å²) in [7, 11) is 3.66. The summed E-state index contributed by atoms with van der Waals surface area (Å²) in [6.07, 6.45) is 2.92. The maximum absolute atomic E-state index is 12.4. The second-order valence-corrected chi connectivity index (χ2v) is 5.53. The molecule has 0 atom stereocenters. The quantitative estimate of drug-likeness (QED) is 0.609. The number of hydrogen-bond acceptors (Lipinski definition) is 4. The highest BCUT2D eigenvalue weighted by molar-refractivity contribution is 6.03. The number of amides is 2. The number of carbonyl (C=O) groups is 3. The summed E-state index contributed by atoms with van der Waals surface area (Å²) in [6.45, 7) is 3.21. The fourth-order valence-corrected chi connectivity index (χ4v) is 2.38. The van der Waals surface area contributed by atoms with Crippen LogP contribution in [0.15, 0.2) is 36.4 Å². The van der Waals surface area contributed by atoms with Crippen molar-refractivity contribution in [2.45, 2.75) is 0 Å². The number of piperazine rings is 1. The number of hydrogen-bond donors (Lipinski definition) is 0. The number of likely N-dealkylation sites (N-methyl/N-ethyl adjacent to an activating group) is 2. The Morgan fingerprint density at radius 2 is 1.70 bits per heavy atom. The van der Waals surface area contributed by atoms with Crippen molar-refractivity contribution >= 4 is 23.8 Å². The van der Waals surface area contributed by atoms with Crippen LogP contribution in [-0.2, 0) is 9.59 Å². The van der Waals surface area contributed by atoms with Crippen LogP contribution >= 0.6 is 0 Å². The van der Waals surface area contributed by atoms with Gasteiger partial charge in [-0.15, -0.1) is 0 Å². The highest BCUT2D eigenvalue weighted by Crippen LogP contribution is 2.16. The SMILES string of the molecule is CN1CCN(C(=O)c2ccc(N(C)C(=O)/C=C\C=O)cc2)CC1. The summed E-state index contributed by atoms with van der Waals surface area (Å²) in [5, 5.41) is 0. The minimum absolute atomic E-state index is 0.0134. The molecular weight excluding hydrogens is 294 g/mol. The van der Waals surface area contributed by atoms with Crippen molar-refractivity contribution in [2.75, 3.05) is 45.2 Å². The van der Waals surface area contributed by atoms with Crippen LogP contribution in [0.3, 0.4) is 0 Å². The lowest BCUT2D eigenvalue weighted by molar-refractivity contribution is -0.114. The molecule has 2 amide bonds. The molecule has 122 valence electrons. The third-order valence-electron chi connectivity index (χ3n) is 3.94. The average Bonchev–Trinajstić information content (AvgIpc) is 2.59. The number of allylic oxidation sites excluding steroid dienone is 1. The molecule has 23 heavy (non-hydrogen) atoms. The lowest BCUT2D eigenvalue weighted by Gasteiger charge is -2.32. The molecule has 0 saturated carbocycles. The first kappa shape index (κ1) is 16.9. The van der Waals surface area contributed by atoms with Gasteiger partial charge in [0.2, 0.25) is 0 Å². The summed E-state index contributed by atoms with van der Waals surface area (Å²) in [5.74, 6) is -0.283. The fourth-order valence-electron chi connectivity index (χ4n) is 2.38. The molecule has 0 bridgehead atoms. The Morgan fingerprint density at radius 1 is 1.09 bits per heavy atom. The molecule has 0 spiro atoms. The highest BCUT2D eigenvalue weighted by Gasteiger charge is 2.20. The second kappa shape index (κ2) is 7.69. The lowest BCUT2D eigenvalue weighted by Crippen LogP contribution is -2.47. The topological polar surface area (TPSA) is 60.9 Å². The second-order valence-electron chi connectivity index (χ2n) is 5.53. The maximum Gasteiger partial charge on any atom is 0.253 e. The molecule has 0 radical (unpaired) electrons. The Balaban J connectivity index is 2.04. The van der Waals surface area contributed by atoms with Crippen LogP contribution in [0, 0.1) is 0 Å². The van der Waals surface area contributed by atoms with E-state index in [1.54, 1.807) is 31.3 Å². The van der Waals surface area contributed by atoms with Crippen LogP contribution in [0.1, 0.15) is 10.4 Å². The fraction of sp³-hybridized carbons (Fsp3) is 0.353. The molecule has 1 aliphatic heterocycles. The maximum atomic E-state index is 12.4. The van der Waals surface area contributed by atoms with E-state index in [0.29, 0.717) is 17.5 Å². The van der Waals surface area contributed by atoms with Gasteiger partial charge in [-0.3, -0.25) is 14.4 Å². The number of anilines is 1. The summed E-state index contributed by atoms with van der Waals surface area (Å²) in [6, 6.07) is 6.91. The largest absolute Gasteiger partial charge is 0.336 e. The predicted molar refractivity (Wildman–Crippen MR) is 88.5 cm³/mol. The predicted octanol–water partition coefficient (Wildman–Crippen LogP) is 0.792. The Labute approximate surface area is 136 Å². The number of aldehydes is 1. The van der Waals surface area contributed by atoms with Crippen molar-refractivity contribution < 1.29 is 14.4 Å². The number of nitrogens with zero attached hydrogens (tertiary/aromatic N) is 3. The Morgan fingerprint density at radius 3 is 2.26 bits per heavy atom. The van der Waals surface area contributed by atoms with Gasteiger partial charge in [0.25, 0.3) is 11.8 Å². The standard InChI is InChI=1S/C17H21N3O3/c1-18-9-11-20(12-10-18)17(23)14-5-7-15(8-6-14)19(2)16(22)4-3-13-21/h3-8,13H,9-12H2,1-2H3/b4-3-. The van der Waals surface area contributed by atoms with Crippen molar-refractivity contribution in [2.24, 2.45) is 0 Å². The minimum atomic E-state index is -0.296. The van der Waals surface area contributed by atoms with E-state index in [1.165, 1.54) is 11.0 Å². The van der Waals surface area contributed by atoms with Crippen molar-refractivity contribution in [1.82, 2.24) is 9.80 Å². The molecule has 0 N–H and O–H groups in total. The van der Waals surface area contributed by atoms with Crippen LogP contribution in [0.4, 0.5) is 5.69 Å². The monoisotopic (exact) mass is 315 g/mol. The Hall–Kier alpha value is -2.47. The van der Waals surface area contributed by atoms with Crippen molar-refractivity contribution in [3.05, 3.63) is 42.0 Å². The smallest absolute Gasteiger partial charge is 0.253 e. The van der Waals surface area contributed by atoms with Gasteiger partial charge < -0.3 is 14.7 Å². The van der Waals surface area contributed by atoms with Crippen LogP contribution < -0.4 is 4.90 Å². The van der Waals surface area contributed by atoms with Gasteiger partial charge in [0, 0.05) is 50.6 Å². The summed E-state index contributed by atoms with van der Waals surface area (Å²) in [5.41, 5.74) is 1.28. The molecule has 1 fully saturated rings. The van der Waals surface area contributed by atoms with Gasteiger partial charge in [0.1, 0.15) is 6.29 Å². The molecule has 1 aromatic carbocycles. The van der Waals surface area contributed by atoms with Gasteiger partial charge in [-0.1, -0.05) is 0 Å². The molecule has 1 aromatic rings. The normalized spacial score (nSPS) is 15.7. The van der Waals surface area contributed by atoms with Crippen LogP contribution in [0.25, 0.3) is 0 Å². The van der Waals surface area contributed by atoms with E-state index in [1.807, 2.05) is 11.9 Å². The third-order valence-corrected chi connectivity index (χ3v) is 3.94. The van der Waals surface area contributed by atoms with E-state index in [4.69, 9.17) is 0 Å². The first-order valence-electron chi connectivity index (χ1n) is 7.50. The first-order chi connectivity index (χ1) is 11.0. The lowest BCUT2D eigenvalue weighted by atomic mass is 10.1. The molecule has 6 nitrogen and oxygen atoms in total. The number of rotatable bonds is 4. The zero-order valence-electron chi connectivity index (χ0n) is 13.4. The molecular formula is C17H21N3O3. The van der Waals surface area contributed by atoms with E-state index in [-0.39, 0.29) is 11.8 Å². The Kier molecular flexibility index (Phi) is 5.65. The number of benzene rings is 1. The summed E-state index contributed by atoms with van der Waals surface area (Å²) >= 11 is 0. The van der Waals surface area contributed by atoms with E-state index in [0.717, 1.165) is 32.3 Å². The zero-order chi connectivity index (χ0) is 16.8. The van der Waals surface area contributed by atoms with Gasteiger partial charge in [-0.05, 0) is 37.4 Å². The third kappa shape index (κ3) is 4.26. The molecule has 0 unspecified atom stereocenters. The average molecular weight is 315 g/mol. The van der Waals surface area contributed by atoms with Gasteiger partial charge in [-0.2, -0.15) is 0 Å². The number of carbonyl (C=O) groups excluding carboxylic acids is 3. The first-order valence-corrected chi connectivity index (χ1v) is 7.50. The summed E-state index contributed by atoms with van der Waals surface area (Å²) < 4.78 is 0. The van der Waals surface area contributed by atoms with Gasteiger partial charge in [0.15, 0.2) is 0 Å². The minimum Gasteiger partial charge on any atom is -0.336 e. The molecule has 1 saturated heterocycles. The van der Waals surface area contributed by atoms with Gasteiger partial charge in [0.05, 0.1) is 0 Å². The zero-order valence-corrected chi connectivity index (χ0v) is 13.4. The van der Waals surface area contributed by atoms with Crippen LogP contribution in [-0.4, -0.2) is 68.2 Å². The molecule has 1 heterocycles. The van der Waals surface area contributed by atoms with E-state index in [9.17, 15) is 14.4 Å². The van der Waals surface area contributed by atoms with Gasteiger partial charge in [-0.25, -0.2) is 0 Å². The van der Waals surface area contributed by atoms with Crippen LogP contribution in [0.5, 0.6) is 0 Å².